The molecule has 1 heterocycles. The second kappa shape index (κ2) is 8.62. The van der Waals surface area contributed by atoms with Gasteiger partial charge in [0, 0.05) is 30.8 Å². The lowest BCUT2D eigenvalue weighted by Crippen LogP contribution is -2.30. The average molecular weight is 404 g/mol. The summed E-state index contributed by atoms with van der Waals surface area (Å²) in [5.41, 5.74) is 1.17. The van der Waals surface area contributed by atoms with Crippen LogP contribution in [0.3, 0.4) is 0 Å². The molecule has 0 bridgehead atoms. The van der Waals surface area contributed by atoms with Crippen molar-refractivity contribution in [2.24, 2.45) is 0 Å². The Morgan fingerprint density at radius 1 is 1.04 bits per heavy atom. The van der Waals surface area contributed by atoms with Crippen molar-refractivity contribution in [1.29, 1.82) is 0 Å². The van der Waals surface area contributed by atoms with E-state index in [1.807, 2.05) is 13.8 Å². The van der Waals surface area contributed by atoms with Gasteiger partial charge in [-0.15, -0.1) is 0 Å². The molecule has 1 aliphatic heterocycles. The SMILES string of the molecule is CCN(CC)C(=O)c1ccc(S(=O)(=O)NCc2cccc3c2OCCO3)cc1. The van der Waals surface area contributed by atoms with Crippen LogP contribution in [0, 0.1) is 0 Å². The number of sulfonamides is 1. The molecule has 1 N–H and O–H groups in total. The highest BCUT2D eigenvalue weighted by molar-refractivity contribution is 7.89. The summed E-state index contributed by atoms with van der Waals surface area (Å²) >= 11 is 0. The van der Waals surface area contributed by atoms with E-state index < -0.39 is 10.0 Å². The lowest BCUT2D eigenvalue weighted by molar-refractivity contribution is 0.0773. The van der Waals surface area contributed by atoms with Crippen molar-refractivity contribution in [3.8, 4) is 11.5 Å². The fourth-order valence-corrected chi connectivity index (χ4v) is 4.01. The second-order valence-corrected chi connectivity index (χ2v) is 8.03. The van der Waals surface area contributed by atoms with Gasteiger partial charge >= 0.3 is 0 Å². The van der Waals surface area contributed by atoms with Crippen LogP contribution in [0.2, 0.25) is 0 Å². The summed E-state index contributed by atoms with van der Waals surface area (Å²) in [5, 5.41) is 0. The first-order chi connectivity index (χ1) is 13.5. The van der Waals surface area contributed by atoms with Crippen molar-refractivity contribution in [1.82, 2.24) is 9.62 Å². The van der Waals surface area contributed by atoms with Crippen molar-refractivity contribution in [3.05, 3.63) is 53.6 Å². The first kappa shape index (κ1) is 20.2. The maximum Gasteiger partial charge on any atom is 0.253 e. The average Bonchev–Trinajstić information content (AvgIpc) is 2.73. The molecule has 2 aromatic rings. The van der Waals surface area contributed by atoms with Crippen LogP contribution in [-0.2, 0) is 16.6 Å². The maximum absolute atomic E-state index is 12.6. The molecular formula is C20H24N2O5S. The molecule has 0 radical (unpaired) electrons. The molecule has 1 aliphatic rings. The monoisotopic (exact) mass is 404 g/mol. The lowest BCUT2D eigenvalue weighted by Gasteiger charge is -2.21. The molecule has 0 atom stereocenters. The zero-order valence-electron chi connectivity index (χ0n) is 16.0. The zero-order valence-corrected chi connectivity index (χ0v) is 16.8. The van der Waals surface area contributed by atoms with Gasteiger partial charge in [0.2, 0.25) is 10.0 Å². The molecule has 7 nitrogen and oxygen atoms in total. The molecule has 3 rings (SSSR count). The summed E-state index contributed by atoms with van der Waals surface area (Å²) in [5.74, 6) is 1.06. The van der Waals surface area contributed by atoms with Gasteiger partial charge in [0.1, 0.15) is 13.2 Å². The van der Waals surface area contributed by atoms with Gasteiger partial charge in [-0.05, 0) is 44.2 Å². The Bertz CT molecular complexity index is 938. The van der Waals surface area contributed by atoms with Gasteiger partial charge in [0.05, 0.1) is 4.90 Å². The van der Waals surface area contributed by atoms with Crippen molar-refractivity contribution in [2.75, 3.05) is 26.3 Å². The minimum Gasteiger partial charge on any atom is -0.486 e. The quantitative estimate of drug-likeness (QED) is 0.766. The van der Waals surface area contributed by atoms with Gasteiger partial charge < -0.3 is 14.4 Å². The van der Waals surface area contributed by atoms with E-state index in [-0.39, 0.29) is 17.3 Å². The zero-order chi connectivity index (χ0) is 20.1. The lowest BCUT2D eigenvalue weighted by atomic mass is 10.2. The number of nitrogens with zero attached hydrogens (tertiary/aromatic N) is 1. The summed E-state index contributed by atoms with van der Waals surface area (Å²) in [6.45, 7) is 5.99. The molecule has 0 saturated heterocycles. The largest absolute Gasteiger partial charge is 0.486 e. The first-order valence-corrected chi connectivity index (χ1v) is 10.7. The van der Waals surface area contributed by atoms with Crippen molar-refractivity contribution in [2.45, 2.75) is 25.3 Å². The predicted molar refractivity (Wildman–Crippen MR) is 105 cm³/mol. The van der Waals surface area contributed by atoms with Crippen LogP contribution in [0.25, 0.3) is 0 Å². The van der Waals surface area contributed by atoms with Gasteiger partial charge in [-0.3, -0.25) is 4.79 Å². The number of ether oxygens (including phenoxy) is 2. The third kappa shape index (κ3) is 4.28. The molecule has 0 saturated carbocycles. The fraction of sp³-hybridized carbons (Fsp3) is 0.350. The summed E-state index contributed by atoms with van der Waals surface area (Å²) in [6, 6.07) is 11.3. The van der Waals surface area contributed by atoms with Crippen LogP contribution >= 0.6 is 0 Å². The van der Waals surface area contributed by atoms with Gasteiger partial charge in [0.25, 0.3) is 5.91 Å². The van der Waals surface area contributed by atoms with Gasteiger partial charge in [-0.2, -0.15) is 0 Å². The molecule has 2 aromatic carbocycles. The number of carbonyl (C=O) groups excluding carboxylic acids is 1. The minimum atomic E-state index is -3.73. The topological polar surface area (TPSA) is 84.9 Å². The third-order valence-corrected chi connectivity index (χ3v) is 5.98. The number of hydrogen-bond donors (Lipinski definition) is 1. The first-order valence-electron chi connectivity index (χ1n) is 9.22. The summed E-state index contributed by atoms with van der Waals surface area (Å²) in [4.78, 5) is 14.1. The number of carbonyl (C=O) groups is 1. The highest BCUT2D eigenvalue weighted by Gasteiger charge is 2.20. The van der Waals surface area contributed by atoms with Crippen LogP contribution in [0.5, 0.6) is 11.5 Å². The van der Waals surface area contributed by atoms with Crippen LogP contribution in [0.15, 0.2) is 47.4 Å². The number of rotatable bonds is 7. The number of hydrogen-bond acceptors (Lipinski definition) is 5. The van der Waals surface area contributed by atoms with Gasteiger partial charge in [-0.25, -0.2) is 13.1 Å². The van der Waals surface area contributed by atoms with Crippen LogP contribution < -0.4 is 14.2 Å². The molecular weight excluding hydrogens is 380 g/mol. The molecule has 0 fully saturated rings. The smallest absolute Gasteiger partial charge is 0.253 e. The third-order valence-electron chi connectivity index (χ3n) is 4.56. The van der Waals surface area contributed by atoms with Crippen LogP contribution in [0.4, 0.5) is 0 Å². The van der Waals surface area contributed by atoms with Crippen LogP contribution in [0.1, 0.15) is 29.8 Å². The Hall–Kier alpha value is -2.58. The molecule has 0 aromatic heterocycles. The number of para-hydroxylation sites is 1. The van der Waals surface area contributed by atoms with Gasteiger partial charge in [0.15, 0.2) is 11.5 Å². The number of benzene rings is 2. The van der Waals surface area contributed by atoms with E-state index in [0.717, 1.165) is 0 Å². The normalized spacial score (nSPS) is 13.2. The molecule has 1 amide bonds. The molecule has 0 aliphatic carbocycles. The van der Waals surface area contributed by atoms with E-state index in [9.17, 15) is 13.2 Å². The summed E-state index contributed by atoms with van der Waals surface area (Å²) < 4.78 is 38.9. The Kier molecular flexibility index (Phi) is 6.21. The van der Waals surface area contributed by atoms with Crippen LogP contribution in [-0.4, -0.2) is 45.5 Å². The van der Waals surface area contributed by atoms with Crippen molar-refractivity contribution in [3.63, 3.8) is 0 Å². The molecule has 0 unspecified atom stereocenters. The molecule has 8 heteroatoms. The maximum atomic E-state index is 12.6. The number of nitrogens with one attached hydrogen (secondary N) is 1. The summed E-state index contributed by atoms with van der Waals surface area (Å²) in [7, 11) is -3.73. The Morgan fingerprint density at radius 2 is 1.71 bits per heavy atom. The Morgan fingerprint density at radius 3 is 2.39 bits per heavy atom. The van der Waals surface area contributed by atoms with Gasteiger partial charge in [-0.1, -0.05) is 12.1 Å². The number of amides is 1. The van der Waals surface area contributed by atoms with E-state index in [4.69, 9.17) is 9.47 Å². The van der Waals surface area contributed by atoms with E-state index in [0.29, 0.717) is 48.9 Å². The van der Waals surface area contributed by atoms with E-state index in [2.05, 4.69) is 4.72 Å². The molecule has 28 heavy (non-hydrogen) atoms. The Labute approximate surface area is 165 Å². The summed E-state index contributed by atoms with van der Waals surface area (Å²) in [6.07, 6.45) is 0. The molecule has 150 valence electrons. The van der Waals surface area contributed by atoms with Crippen molar-refractivity contribution >= 4 is 15.9 Å². The minimum absolute atomic E-state index is 0.0784. The standard InChI is InChI=1S/C20H24N2O5S/c1-3-22(4-2)20(23)15-8-10-17(11-9-15)28(24,25)21-14-16-6-5-7-18-19(16)27-13-12-26-18/h5-11,21H,3-4,12-14H2,1-2H3. The van der Waals surface area contributed by atoms with E-state index in [1.165, 1.54) is 24.3 Å². The Balaban J connectivity index is 1.72. The predicted octanol–water partition coefficient (Wildman–Crippen LogP) is 2.42. The highest BCUT2D eigenvalue weighted by atomic mass is 32.2. The highest BCUT2D eigenvalue weighted by Crippen LogP contribution is 2.33. The fourth-order valence-electron chi connectivity index (χ4n) is 3.00. The van der Waals surface area contributed by atoms with Crippen molar-refractivity contribution < 1.29 is 22.7 Å². The second-order valence-electron chi connectivity index (χ2n) is 6.27. The van der Waals surface area contributed by atoms with E-state index in [1.54, 1.807) is 23.1 Å². The molecule has 0 spiro atoms. The van der Waals surface area contributed by atoms with E-state index >= 15 is 0 Å². The number of fused-ring (bicyclic) bond motifs is 1.